The number of hydrogen-bond donors (Lipinski definition) is 0. The Kier molecular flexibility index (Phi) is 5.62. The molecule has 0 aliphatic heterocycles. The van der Waals surface area contributed by atoms with Crippen LogP contribution in [0.1, 0.15) is 19.3 Å². The molecule has 1 fully saturated rings. The van der Waals surface area contributed by atoms with Crippen LogP contribution in [-0.4, -0.2) is 19.0 Å². The third-order valence-electron chi connectivity index (χ3n) is 6.52. The summed E-state index contributed by atoms with van der Waals surface area (Å²) < 4.78 is 1.88. The first-order valence-corrected chi connectivity index (χ1v) is 14.5. The standard InChI is InChI=1S/C28H27PSe/c1-5-14-24(15-6-1)29(25-16-7-2-8-17-25,26-18-9-3-10-19-26)28(22-13-23-28)30-27-20-11-4-12-21-27/h1-12,14-21,29H,13,22-23H2. The maximum atomic E-state index is 2.41. The van der Waals surface area contributed by atoms with Gasteiger partial charge in [0.25, 0.3) is 0 Å². The molecule has 4 aromatic rings. The van der Waals surface area contributed by atoms with Gasteiger partial charge in [-0.3, -0.25) is 0 Å². The molecule has 150 valence electrons. The molecule has 0 radical (unpaired) electrons. The Morgan fingerprint density at radius 1 is 0.500 bits per heavy atom. The molecular weight excluding hydrogens is 446 g/mol. The summed E-state index contributed by atoms with van der Waals surface area (Å²) in [5.74, 6) is 0. The second kappa shape index (κ2) is 8.52. The normalized spacial score (nSPS) is 15.9. The minimum atomic E-state index is -2.25. The second-order valence-electron chi connectivity index (χ2n) is 8.11. The summed E-state index contributed by atoms with van der Waals surface area (Å²) in [5, 5.41) is 4.67. The van der Waals surface area contributed by atoms with Crippen molar-refractivity contribution in [1.29, 1.82) is 0 Å². The minimum absolute atomic E-state index is 0.353. The summed E-state index contributed by atoms with van der Waals surface area (Å²) in [6.07, 6.45) is 4.00. The predicted molar refractivity (Wildman–Crippen MR) is 135 cm³/mol. The summed E-state index contributed by atoms with van der Waals surface area (Å²) in [6.45, 7) is 0. The van der Waals surface area contributed by atoms with Crippen LogP contribution in [0.15, 0.2) is 121 Å². The van der Waals surface area contributed by atoms with E-state index in [1.165, 1.54) is 23.7 Å². The van der Waals surface area contributed by atoms with Gasteiger partial charge in [-0.1, -0.05) is 0 Å². The average molecular weight is 473 g/mol. The van der Waals surface area contributed by atoms with Gasteiger partial charge < -0.3 is 0 Å². The Morgan fingerprint density at radius 3 is 1.20 bits per heavy atom. The second-order valence-corrected chi connectivity index (χ2v) is 16.2. The van der Waals surface area contributed by atoms with Gasteiger partial charge in [0, 0.05) is 0 Å². The van der Waals surface area contributed by atoms with E-state index < -0.39 is 7.26 Å². The molecule has 0 N–H and O–H groups in total. The molecule has 0 aromatic heterocycles. The number of benzene rings is 4. The molecule has 1 saturated carbocycles. The predicted octanol–water partition coefficient (Wildman–Crippen LogP) is 4.62. The van der Waals surface area contributed by atoms with Gasteiger partial charge in [0.15, 0.2) is 0 Å². The van der Waals surface area contributed by atoms with E-state index >= 15 is 0 Å². The summed E-state index contributed by atoms with van der Waals surface area (Å²) >= 11 is 0.417. The van der Waals surface area contributed by atoms with Crippen LogP contribution in [-0.2, 0) is 0 Å². The fourth-order valence-corrected chi connectivity index (χ4v) is 17.4. The van der Waals surface area contributed by atoms with Crippen molar-refractivity contribution < 1.29 is 0 Å². The van der Waals surface area contributed by atoms with E-state index in [4.69, 9.17) is 0 Å². The third-order valence-corrected chi connectivity index (χ3v) is 17.2. The van der Waals surface area contributed by atoms with Crippen molar-refractivity contribution in [2.45, 2.75) is 23.3 Å². The average Bonchev–Trinajstić information content (AvgIpc) is 2.80. The van der Waals surface area contributed by atoms with E-state index in [2.05, 4.69) is 121 Å². The van der Waals surface area contributed by atoms with Crippen molar-refractivity contribution in [3.8, 4) is 0 Å². The van der Waals surface area contributed by atoms with Crippen LogP contribution < -0.4 is 20.4 Å². The van der Waals surface area contributed by atoms with Crippen LogP contribution in [0.5, 0.6) is 0 Å². The van der Waals surface area contributed by atoms with Gasteiger partial charge in [-0.05, 0) is 0 Å². The molecule has 0 bridgehead atoms. The van der Waals surface area contributed by atoms with Crippen molar-refractivity contribution in [3.05, 3.63) is 121 Å². The zero-order valence-electron chi connectivity index (χ0n) is 17.1. The van der Waals surface area contributed by atoms with Gasteiger partial charge in [0.05, 0.1) is 0 Å². The van der Waals surface area contributed by atoms with Gasteiger partial charge in [-0.15, -0.1) is 0 Å². The molecule has 30 heavy (non-hydrogen) atoms. The fourth-order valence-electron chi connectivity index (χ4n) is 5.12. The number of rotatable bonds is 6. The monoisotopic (exact) mass is 474 g/mol. The van der Waals surface area contributed by atoms with E-state index in [1.54, 1.807) is 15.9 Å². The molecule has 0 spiro atoms. The quantitative estimate of drug-likeness (QED) is 0.283. The molecule has 0 amide bonds. The van der Waals surface area contributed by atoms with E-state index in [-0.39, 0.29) is 0 Å². The summed E-state index contributed by atoms with van der Waals surface area (Å²) in [6, 6.07) is 45.6. The maximum absolute atomic E-state index is 2.41. The van der Waals surface area contributed by atoms with Crippen molar-refractivity contribution in [1.82, 2.24) is 0 Å². The zero-order valence-corrected chi connectivity index (χ0v) is 19.8. The van der Waals surface area contributed by atoms with Crippen molar-refractivity contribution >= 4 is 42.6 Å². The van der Waals surface area contributed by atoms with E-state index in [1.807, 2.05) is 0 Å². The Bertz CT molecular complexity index is 978. The van der Waals surface area contributed by atoms with Gasteiger partial charge in [-0.2, -0.15) is 0 Å². The zero-order chi connectivity index (χ0) is 20.3. The van der Waals surface area contributed by atoms with E-state index in [0.717, 1.165) is 0 Å². The molecular formula is C28H27PSe. The van der Waals surface area contributed by atoms with Crippen LogP contribution in [0, 0.1) is 0 Å². The van der Waals surface area contributed by atoms with Crippen LogP contribution in [0.2, 0.25) is 0 Å². The van der Waals surface area contributed by atoms with E-state index in [0.29, 0.717) is 19.0 Å². The fraction of sp³-hybridized carbons (Fsp3) is 0.143. The number of hydrogen-bond acceptors (Lipinski definition) is 0. The molecule has 4 aromatic carbocycles. The Morgan fingerprint density at radius 2 is 0.867 bits per heavy atom. The Labute approximate surface area is 186 Å². The van der Waals surface area contributed by atoms with Crippen molar-refractivity contribution in [2.75, 3.05) is 0 Å². The van der Waals surface area contributed by atoms with Crippen LogP contribution in [0.4, 0.5) is 0 Å². The molecule has 0 saturated heterocycles. The van der Waals surface area contributed by atoms with Crippen LogP contribution in [0.3, 0.4) is 0 Å². The van der Waals surface area contributed by atoms with Gasteiger partial charge in [-0.25, -0.2) is 0 Å². The molecule has 0 unspecified atom stereocenters. The Hall–Kier alpha value is -2.17. The first kappa shape index (κ1) is 19.8. The molecule has 2 heteroatoms. The Balaban J connectivity index is 1.82. The molecule has 1 aliphatic rings. The first-order chi connectivity index (χ1) is 14.9. The third kappa shape index (κ3) is 3.27. The van der Waals surface area contributed by atoms with Crippen LogP contribution in [0.25, 0.3) is 0 Å². The van der Waals surface area contributed by atoms with Crippen molar-refractivity contribution in [2.24, 2.45) is 0 Å². The molecule has 1 aliphatic carbocycles. The molecule has 0 atom stereocenters. The van der Waals surface area contributed by atoms with Gasteiger partial charge >= 0.3 is 187 Å². The molecule has 0 nitrogen and oxygen atoms in total. The van der Waals surface area contributed by atoms with Crippen molar-refractivity contribution in [3.63, 3.8) is 0 Å². The topological polar surface area (TPSA) is 0 Å². The molecule has 5 rings (SSSR count). The van der Waals surface area contributed by atoms with Gasteiger partial charge in [0.2, 0.25) is 0 Å². The van der Waals surface area contributed by atoms with Gasteiger partial charge in [0.1, 0.15) is 0 Å². The summed E-state index contributed by atoms with van der Waals surface area (Å²) in [7, 11) is -2.25. The van der Waals surface area contributed by atoms with Crippen LogP contribution >= 0.6 is 7.26 Å². The summed E-state index contributed by atoms with van der Waals surface area (Å²) in [4.78, 5) is 0. The molecule has 0 heterocycles. The SMILES string of the molecule is c1ccc([Se]C2([PH](c3ccccc3)(c3ccccc3)c3ccccc3)CCC2)cc1. The van der Waals surface area contributed by atoms with E-state index in [9.17, 15) is 0 Å². The summed E-state index contributed by atoms with van der Waals surface area (Å²) in [5.41, 5.74) is 0. The first-order valence-electron chi connectivity index (χ1n) is 10.8.